The Morgan fingerprint density at radius 3 is 2.62 bits per heavy atom. The molecule has 5 heteroatoms. The summed E-state index contributed by atoms with van der Waals surface area (Å²) in [6.07, 6.45) is 0.551. The molecular formula is C16H16Cl2FNS. The number of halogens is 3. The van der Waals surface area contributed by atoms with Gasteiger partial charge in [-0.05, 0) is 43.8 Å². The van der Waals surface area contributed by atoms with E-state index in [1.807, 2.05) is 31.3 Å². The summed E-state index contributed by atoms with van der Waals surface area (Å²) in [7, 11) is 1.87. The van der Waals surface area contributed by atoms with Crippen LogP contribution in [0, 0.1) is 5.82 Å². The van der Waals surface area contributed by atoms with Crippen LogP contribution < -0.4 is 5.32 Å². The zero-order valence-corrected chi connectivity index (χ0v) is 13.9. The fourth-order valence-electron chi connectivity index (χ4n) is 1.97. The van der Waals surface area contributed by atoms with E-state index < -0.39 is 0 Å². The molecule has 0 fully saturated rings. The van der Waals surface area contributed by atoms with Crippen molar-refractivity contribution in [3.8, 4) is 0 Å². The molecule has 112 valence electrons. The van der Waals surface area contributed by atoms with E-state index in [1.165, 1.54) is 6.07 Å². The van der Waals surface area contributed by atoms with Gasteiger partial charge in [-0.1, -0.05) is 35.3 Å². The Labute approximate surface area is 138 Å². The lowest BCUT2D eigenvalue weighted by molar-refractivity contribution is 0.568. The first-order valence-corrected chi connectivity index (χ1v) is 8.33. The summed E-state index contributed by atoms with van der Waals surface area (Å²) in [5.74, 6) is 0.553. The van der Waals surface area contributed by atoms with Crippen LogP contribution in [0.15, 0.2) is 47.4 Å². The number of likely N-dealkylation sites (N-methyl/N-ethyl adjacent to an activating group) is 1. The number of hydrogen-bond acceptors (Lipinski definition) is 2. The van der Waals surface area contributed by atoms with Gasteiger partial charge in [0.05, 0.1) is 0 Å². The Kier molecular flexibility index (Phi) is 6.37. The van der Waals surface area contributed by atoms with Crippen molar-refractivity contribution in [2.75, 3.05) is 12.8 Å². The zero-order chi connectivity index (χ0) is 15.2. The molecule has 1 N–H and O–H groups in total. The Hall–Kier alpha value is -0.740. The average Bonchev–Trinajstić information content (AvgIpc) is 2.46. The molecule has 0 amide bonds. The van der Waals surface area contributed by atoms with Crippen molar-refractivity contribution >= 4 is 35.0 Å². The second-order valence-corrected chi connectivity index (χ2v) is 6.60. The van der Waals surface area contributed by atoms with E-state index in [0.29, 0.717) is 17.0 Å². The van der Waals surface area contributed by atoms with E-state index in [1.54, 1.807) is 23.9 Å². The Morgan fingerprint density at radius 1 is 1.19 bits per heavy atom. The number of thioether (sulfide) groups is 1. The molecule has 0 aliphatic heterocycles. The van der Waals surface area contributed by atoms with Gasteiger partial charge in [0.25, 0.3) is 0 Å². The molecule has 1 atom stereocenters. The maximum absolute atomic E-state index is 13.8. The highest BCUT2D eigenvalue weighted by Gasteiger charge is 2.14. The molecule has 0 heterocycles. The number of rotatable bonds is 6. The molecule has 0 aliphatic carbocycles. The van der Waals surface area contributed by atoms with Crippen LogP contribution in [0.2, 0.25) is 10.0 Å². The van der Waals surface area contributed by atoms with Crippen LogP contribution in [0.25, 0.3) is 0 Å². The summed E-state index contributed by atoms with van der Waals surface area (Å²) in [6, 6.07) is 12.6. The van der Waals surface area contributed by atoms with E-state index in [-0.39, 0.29) is 11.9 Å². The van der Waals surface area contributed by atoms with Crippen molar-refractivity contribution in [3.63, 3.8) is 0 Å². The molecule has 0 saturated carbocycles. The Balaban J connectivity index is 2.00. The topological polar surface area (TPSA) is 12.0 Å². The summed E-state index contributed by atoms with van der Waals surface area (Å²) < 4.78 is 13.8. The van der Waals surface area contributed by atoms with Crippen LogP contribution in [0.1, 0.15) is 5.56 Å². The molecule has 0 bridgehead atoms. The minimum absolute atomic E-state index is 0.128. The third-order valence-electron chi connectivity index (χ3n) is 3.17. The molecule has 1 nitrogen and oxygen atoms in total. The summed E-state index contributed by atoms with van der Waals surface area (Å²) in [5.41, 5.74) is 0.560. The third kappa shape index (κ3) is 4.89. The second-order valence-electron chi connectivity index (χ2n) is 4.66. The van der Waals surface area contributed by atoms with Crippen LogP contribution >= 0.6 is 35.0 Å². The third-order valence-corrected chi connectivity index (χ3v) is 4.91. The molecule has 0 aliphatic rings. The van der Waals surface area contributed by atoms with E-state index in [0.717, 1.165) is 15.7 Å². The second kappa shape index (κ2) is 8.04. The lowest BCUT2D eigenvalue weighted by Crippen LogP contribution is -2.30. The zero-order valence-electron chi connectivity index (χ0n) is 11.6. The molecule has 21 heavy (non-hydrogen) atoms. The van der Waals surface area contributed by atoms with Crippen LogP contribution in [-0.4, -0.2) is 18.8 Å². The van der Waals surface area contributed by atoms with Crippen molar-refractivity contribution in [2.45, 2.75) is 17.4 Å². The maximum Gasteiger partial charge on any atom is 0.127 e. The number of nitrogens with one attached hydrogen (secondary N) is 1. The molecule has 2 aromatic rings. The predicted molar refractivity (Wildman–Crippen MR) is 90.1 cm³/mol. The highest BCUT2D eigenvalue weighted by Crippen LogP contribution is 2.25. The van der Waals surface area contributed by atoms with Gasteiger partial charge in [0.15, 0.2) is 0 Å². The van der Waals surface area contributed by atoms with Gasteiger partial charge in [-0.15, -0.1) is 11.8 Å². The van der Waals surface area contributed by atoms with Crippen LogP contribution in [0.3, 0.4) is 0 Å². The minimum Gasteiger partial charge on any atom is -0.316 e. The summed E-state index contributed by atoms with van der Waals surface area (Å²) in [4.78, 5) is 1.10. The molecule has 0 spiro atoms. The molecule has 2 rings (SSSR count). The lowest BCUT2D eigenvalue weighted by Gasteiger charge is -2.17. The van der Waals surface area contributed by atoms with E-state index in [9.17, 15) is 4.39 Å². The van der Waals surface area contributed by atoms with Gasteiger partial charge >= 0.3 is 0 Å². The van der Waals surface area contributed by atoms with Crippen LogP contribution in [0.5, 0.6) is 0 Å². The maximum atomic E-state index is 13.8. The van der Waals surface area contributed by atoms with Crippen molar-refractivity contribution in [3.05, 3.63) is 63.9 Å². The molecular weight excluding hydrogens is 328 g/mol. The average molecular weight is 344 g/mol. The van der Waals surface area contributed by atoms with Crippen molar-refractivity contribution < 1.29 is 4.39 Å². The van der Waals surface area contributed by atoms with Gasteiger partial charge in [-0.2, -0.15) is 0 Å². The number of benzene rings is 2. The molecule has 0 radical (unpaired) electrons. The summed E-state index contributed by atoms with van der Waals surface area (Å²) >= 11 is 13.7. The van der Waals surface area contributed by atoms with E-state index >= 15 is 0 Å². The molecule has 0 saturated heterocycles. The normalized spacial score (nSPS) is 12.4. The largest absolute Gasteiger partial charge is 0.316 e. The van der Waals surface area contributed by atoms with Gasteiger partial charge in [0.1, 0.15) is 5.82 Å². The SMILES string of the molecule is CNC(CSc1cccc(Cl)c1)Cc1c(F)cccc1Cl. The summed E-state index contributed by atoms with van der Waals surface area (Å²) in [6.45, 7) is 0. The fourth-order valence-corrected chi connectivity index (χ4v) is 3.53. The van der Waals surface area contributed by atoms with Gasteiger partial charge < -0.3 is 5.32 Å². The summed E-state index contributed by atoms with van der Waals surface area (Å²) in [5, 5.41) is 4.41. The highest BCUT2D eigenvalue weighted by atomic mass is 35.5. The smallest absolute Gasteiger partial charge is 0.127 e. The van der Waals surface area contributed by atoms with Crippen LogP contribution in [-0.2, 0) is 6.42 Å². The standard InChI is InChI=1S/C16H16Cl2FNS/c1-20-12(9-14-15(18)6-3-7-16(14)19)10-21-13-5-2-4-11(17)8-13/h2-8,12,20H,9-10H2,1H3. The monoisotopic (exact) mass is 343 g/mol. The van der Waals surface area contributed by atoms with Gasteiger partial charge in [0.2, 0.25) is 0 Å². The highest BCUT2D eigenvalue weighted by molar-refractivity contribution is 7.99. The Bertz CT molecular complexity index is 586. The van der Waals surface area contributed by atoms with Crippen molar-refractivity contribution in [2.24, 2.45) is 0 Å². The molecule has 1 unspecified atom stereocenters. The molecule has 2 aromatic carbocycles. The van der Waals surface area contributed by atoms with Crippen molar-refractivity contribution in [1.29, 1.82) is 0 Å². The van der Waals surface area contributed by atoms with Gasteiger partial charge in [0, 0.05) is 32.3 Å². The van der Waals surface area contributed by atoms with Gasteiger partial charge in [-0.25, -0.2) is 4.39 Å². The first kappa shape index (κ1) is 16.6. The van der Waals surface area contributed by atoms with E-state index in [2.05, 4.69) is 5.32 Å². The number of hydrogen-bond donors (Lipinski definition) is 1. The van der Waals surface area contributed by atoms with E-state index in [4.69, 9.17) is 23.2 Å². The molecule has 0 aromatic heterocycles. The van der Waals surface area contributed by atoms with Crippen LogP contribution in [0.4, 0.5) is 4.39 Å². The predicted octanol–water partition coefficient (Wildman–Crippen LogP) is 5.06. The van der Waals surface area contributed by atoms with Gasteiger partial charge in [-0.3, -0.25) is 0 Å². The van der Waals surface area contributed by atoms with Crippen molar-refractivity contribution in [1.82, 2.24) is 5.32 Å². The quantitative estimate of drug-likeness (QED) is 0.736. The fraction of sp³-hybridized carbons (Fsp3) is 0.250. The lowest BCUT2D eigenvalue weighted by atomic mass is 10.1. The Morgan fingerprint density at radius 2 is 1.95 bits per heavy atom. The first-order chi connectivity index (χ1) is 10.1. The first-order valence-electron chi connectivity index (χ1n) is 6.58. The minimum atomic E-state index is -0.254.